The molecule has 0 radical (unpaired) electrons. The summed E-state index contributed by atoms with van der Waals surface area (Å²) in [6.07, 6.45) is 2.71. The van der Waals surface area contributed by atoms with E-state index < -0.39 is 11.2 Å². The molecule has 1 atom stereocenters. The van der Waals surface area contributed by atoms with Crippen LogP contribution in [0.5, 0.6) is 0 Å². The Kier molecular flexibility index (Phi) is 5.56. The molecular formula is C19H11Cl3N4O2S. The van der Waals surface area contributed by atoms with Crippen molar-refractivity contribution in [2.45, 2.75) is 5.92 Å². The molecule has 2 aromatic heterocycles. The molecule has 29 heavy (non-hydrogen) atoms. The van der Waals surface area contributed by atoms with Gasteiger partial charge in [-0.25, -0.2) is 9.78 Å². The zero-order chi connectivity index (χ0) is 20.5. The van der Waals surface area contributed by atoms with Gasteiger partial charge in [0.05, 0.1) is 11.6 Å². The predicted octanol–water partition coefficient (Wildman–Crippen LogP) is 4.52. The van der Waals surface area contributed by atoms with E-state index in [2.05, 4.69) is 15.1 Å². The van der Waals surface area contributed by atoms with Gasteiger partial charge >= 0.3 is 5.69 Å². The molecule has 146 valence electrons. The fourth-order valence-electron chi connectivity index (χ4n) is 2.97. The van der Waals surface area contributed by atoms with E-state index >= 15 is 0 Å². The van der Waals surface area contributed by atoms with Crippen molar-refractivity contribution < 1.29 is 0 Å². The summed E-state index contributed by atoms with van der Waals surface area (Å²) in [6.45, 7) is 0. The number of nitrogens with zero attached hydrogens (tertiary/aromatic N) is 3. The average Bonchev–Trinajstić information content (AvgIpc) is 3.20. The van der Waals surface area contributed by atoms with Crippen molar-refractivity contribution in [2.75, 3.05) is 0 Å². The molecule has 1 N–H and O–H groups in total. The second kappa shape index (κ2) is 8.12. The largest absolute Gasteiger partial charge is 0.349 e. The van der Waals surface area contributed by atoms with Gasteiger partial charge in [0.2, 0.25) is 0 Å². The quantitative estimate of drug-likeness (QED) is 0.480. The molecular weight excluding hydrogens is 455 g/mol. The number of H-pyrrole nitrogens is 1. The molecule has 1 unspecified atom stereocenters. The number of rotatable bonds is 4. The van der Waals surface area contributed by atoms with Crippen LogP contribution in [0.15, 0.2) is 63.8 Å². The molecule has 0 aliphatic rings. The third-order valence-corrected chi connectivity index (χ3v) is 5.93. The van der Waals surface area contributed by atoms with Gasteiger partial charge in [-0.2, -0.15) is 9.78 Å². The number of benzene rings is 2. The first-order valence-electron chi connectivity index (χ1n) is 8.27. The lowest BCUT2D eigenvalue weighted by atomic mass is 9.91. The van der Waals surface area contributed by atoms with Crippen molar-refractivity contribution in [3.8, 4) is 5.69 Å². The predicted molar refractivity (Wildman–Crippen MR) is 115 cm³/mol. The lowest BCUT2D eigenvalue weighted by molar-refractivity contribution is 0.749. The average molecular weight is 466 g/mol. The maximum Gasteiger partial charge on any atom is 0.349 e. The Morgan fingerprint density at radius 3 is 2.31 bits per heavy atom. The molecule has 0 aliphatic heterocycles. The minimum absolute atomic E-state index is 0.318. The van der Waals surface area contributed by atoms with E-state index in [1.807, 2.05) is 17.5 Å². The Labute approximate surface area is 183 Å². The second-order valence-electron chi connectivity index (χ2n) is 6.03. The molecule has 0 amide bonds. The number of halogens is 3. The smallest absolute Gasteiger partial charge is 0.271 e. The van der Waals surface area contributed by atoms with Gasteiger partial charge in [-0.3, -0.25) is 9.78 Å². The van der Waals surface area contributed by atoms with Crippen LogP contribution in [0.3, 0.4) is 0 Å². The van der Waals surface area contributed by atoms with Crippen LogP contribution in [-0.2, 0) is 0 Å². The summed E-state index contributed by atoms with van der Waals surface area (Å²) in [4.78, 5) is 29.9. The lowest BCUT2D eigenvalue weighted by Gasteiger charge is -2.20. The maximum absolute atomic E-state index is 12.1. The minimum Gasteiger partial charge on any atom is -0.271 e. The monoisotopic (exact) mass is 464 g/mol. The van der Waals surface area contributed by atoms with Crippen molar-refractivity contribution in [3.05, 3.63) is 106 Å². The lowest BCUT2D eigenvalue weighted by Crippen LogP contribution is -2.30. The van der Waals surface area contributed by atoms with Crippen molar-refractivity contribution in [3.63, 3.8) is 0 Å². The highest BCUT2D eigenvalue weighted by atomic mass is 35.5. The first-order chi connectivity index (χ1) is 13.9. The Hall–Kier alpha value is -2.45. The van der Waals surface area contributed by atoms with Crippen molar-refractivity contribution in [1.29, 1.82) is 0 Å². The van der Waals surface area contributed by atoms with Gasteiger partial charge in [-0.15, -0.1) is 11.3 Å². The normalized spacial score (nSPS) is 12.1. The van der Waals surface area contributed by atoms with Gasteiger partial charge in [-0.1, -0.05) is 46.9 Å². The highest BCUT2D eigenvalue weighted by Gasteiger charge is 2.25. The number of nitrogens with one attached hydrogen (secondary N) is 1. The fraction of sp³-hybridized carbons (Fsp3) is 0.0526. The van der Waals surface area contributed by atoms with Crippen molar-refractivity contribution >= 4 is 46.1 Å². The summed E-state index contributed by atoms with van der Waals surface area (Å²) in [5.74, 6) is -0.318. The zero-order valence-electron chi connectivity index (χ0n) is 14.5. The van der Waals surface area contributed by atoms with Crippen LogP contribution >= 0.6 is 46.1 Å². The van der Waals surface area contributed by atoms with Gasteiger partial charge < -0.3 is 0 Å². The summed E-state index contributed by atoms with van der Waals surface area (Å²) >= 11 is 20.7. The number of aromatic amines is 1. The van der Waals surface area contributed by atoms with E-state index in [1.165, 1.54) is 11.3 Å². The molecule has 0 fully saturated rings. The minimum atomic E-state index is -0.688. The van der Waals surface area contributed by atoms with Gasteiger partial charge in [-0.05, 0) is 29.8 Å². The van der Waals surface area contributed by atoms with E-state index in [1.54, 1.807) is 30.5 Å². The Bertz CT molecular complexity index is 1260. The zero-order valence-corrected chi connectivity index (χ0v) is 17.6. The van der Waals surface area contributed by atoms with E-state index in [9.17, 15) is 9.59 Å². The Morgan fingerprint density at radius 1 is 1.03 bits per heavy atom. The molecule has 2 heterocycles. The van der Waals surface area contributed by atoms with Gasteiger partial charge in [0, 0.05) is 32.2 Å². The molecule has 10 heteroatoms. The van der Waals surface area contributed by atoms with E-state index in [4.69, 9.17) is 34.8 Å². The third kappa shape index (κ3) is 4.00. The second-order valence-corrected chi connectivity index (χ2v) is 8.21. The third-order valence-electron chi connectivity index (χ3n) is 4.21. The first-order valence-corrected chi connectivity index (χ1v) is 10.3. The van der Waals surface area contributed by atoms with Gasteiger partial charge in [0.25, 0.3) is 5.56 Å². The summed E-state index contributed by atoms with van der Waals surface area (Å²) in [7, 11) is 0. The molecule has 4 aromatic rings. The molecule has 0 spiro atoms. The Morgan fingerprint density at radius 2 is 1.72 bits per heavy atom. The molecule has 0 bridgehead atoms. The number of hydrogen-bond acceptors (Lipinski definition) is 5. The molecule has 0 saturated carbocycles. The highest BCUT2D eigenvalue weighted by Crippen LogP contribution is 2.41. The van der Waals surface area contributed by atoms with Gasteiger partial charge in [0.15, 0.2) is 0 Å². The number of thiazole rings is 1. The van der Waals surface area contributed by atoms with E-state index in [0.717, 1.165) is 21.4 Å². The number of hydrogen-bond donors (Lipinski definition) is 1. The summed E-state index contributed by atoms with van der Waals surface area (Å²) in [5, 5.41) is 7.81. The number of aromatic nitrogens is 4. The first kappa shape index (κ1) is 19.8. The van der Waals surface area contributed by atoms with Crippen LogP contribution in [-0.4, -0.2) is 19.7 Å². The van der Waals surface area contributed by atoms with Crippen LogP contribution in [0.25, 0.3) is 5.69 Å². The Balaban J connectivity index is 1.89. The van der Waals surface area contributed by atoms with Crippen LogP contribution < -0.4 is 11.2 Å². The van der Waals surface area contributed by atoms with E-state index in [0.29, 0.717) is 26.3 Å². The van der Waals surface area contributed by atoms with Crippen molar-refractivity contribution in [1.82, 2.24) is 19.7 Å². The van der Waals surface area contributed by atoms with Crippen LogP contribution in [0.4, 0.5) is 0 Å². The summed E-state index contributed by atoms with van der Waals surface area (Å²) in [5.41, 5.74) is 0.615. The molecule has 6 nitrogen and oxygen atoms in total. The maximum atomic E-state index is 12.1. The van der Waals surface area contributed by atoms with E-state index in [-0.39, 0.29) is 5.92 Å². The van der Waals surface area contributed by atoms with Crippen molar-refractivity contribution in [2.24, 2.45) is 0 Å². The summed E-state index contributed by atoms with van der Waals surface area (Å²) in [6, 6.07) is 10.5. The standard InChI is InChI=1S/C19H11Cl3N4O2S/c20-11-3-1-10(2-4-11)16(18-23-5-6-29-18)17-13(21)7-12(8-14(17)22)26-19(28)25-15(27)9-24-26/h1-9,16H,(H,25,27,28). The van der Waals surface area contributed by atoms with Crippen LogP contribution in [0.2, 0.25) is 15.1 Å². The molecule has 4 rings (SSSR count). The van der Waals surface area contributed by atoms with Crippen LogP contribution in [0.1, 0.15) is 22.1 Å². The highest BCUT2D eigenvalue weighted by molar-refractivity contribution is 7.09. The topological polar surface area (TPSA) is 80.6 Å². The van der Waals surface area contributed by atoms with Crippen LogP contribution in [0, 0.1) is 0 Å². The summed E-state index contributed by atoms with van der Waals surface area (Å²) < 4.78 is 1.02. The fourth-order valence-corrected chi connectivity index (χ4v) is 4.56. The molecule has 0 aliphatic carbocycles. The molecule has 2 aromatic carbocycles. The molecule has 0 saturated heterocycles. The van der Waals surface area contributed by atoms with Gasteiger partial charge in [0.1, 0.15) is 11.2 Å². The SMILES string of the molecule is O=c1cnn(-c2cc(Cl)c(C(c3ccc(Cl)cc3)c3nccs3)c(Cl)c2)c(=O)[nH]1.